The van der Waals surface area contributed by atoms with Crippen LogP contribution in [0.1, 0.15) is 25.8 Å². The van der Waals surface area contributed by atoms with Crippen LogP contribution in [0.2, 0.25) is 0 Å². The summed E-state index contributed by atoms with van der Waals surface area (Å²) in [4.78, 5) is 39.2. The molecule has 3 rings (SSSR count). The molecule has 4 atom stereocenters. The van der Waals surface area contributed by atoms with Gasteiger partial charge >= 0.3 is 6.09 Å². The Morgan fingerprint density at radius 2 is 1.83 bits per heavy atom. The van der Waals surface area contributed by atoms with Gasteiger partial charge in [-0.3, -0.25) is 19.8 Å². The highest BCUT2D eigenvalue weighted by atomic mass is 32.1. The molecule has 0 unspecified atom stereocenters. The molecule has 0 aromatic heterocycles. The zero-order valence-corrected chi connectivity index (χ0v) is 17.4. The van der Waals surface area contributed by atoms with Crippen LogP contribution in [0.25, 0.3) is 0 Å². The number of carbonyl (C=O) groups is 2. The Labute approximate surface area is 174 Å². The maximum atomic E-state index is 13.1. The van der Waals surface area contributed by atoms with Gasteiger partial charge in [-0.2, -0.15) is 12.6 Å². The summed E-state index contributed by atoms with van der Waals surface area (Å²) < 4.78 is 5.37. The molecule has 0 radical (unpaired) electrons. The van der Waals surface area contributed by atoms with Crippen LogP contribution in [0.15, 0.2) is 24.3 Å². The van der Waals surface area contributed by atoms with Crippen molar-refractivity contribution in [3.05, 3.63) is 39.9 Å². The van der Waals surface area contributed by atoms with Gasteiger partial charge in [-0.25, -0.2) is 4.79 Å². The summed E-state index contributed by atoms with van der Waals surface area (Å²) in [7, 11) is 0. The lowest BCUT2D eigenvalue weighted by molar-refractivity contribution is -0.384. The number of ether oxygens (including phenoxy) is 1. The molecule has 9 nitrogen and oxygen atoms in total. The van der Waals surface area contributed by atoms with E-state index in [1.54, 1.807) is 17.0 Å². The predicted molar refractivity (Wildman–Crippen MR) is 110 cm³/mol. The lowest BCUT2D eigenvalue weighted by Crippen LogP contribution is -2.59. The van der Waals surface area contributed by atoms with Gasteiger partial charge in [-0.15, -0.1) is 0 Å². The number of benzene rings is 1. The lowest BCUT2D eigenvalue weighted by atomic mass is 10.1. The predicted octanol–water partition coefficient (Wildman–Crippen LogP) is 1.81. The van der Waals surface area contributed by atoms with Gasteiger partial charge in [0, 0.05) is 49.1 Å². The van der Waals surface area contributed by atoms with Crippen molar-refractivity contribution in [2.24, 2.45) is 0 Å². The fourth-order valence-electron chi connectivity index (χ4n) is 3.91. The van der Waals surface area contributed by atoms with Crippen LogP contribution in [-0.2, 0) is 16.1 Å². The first-order valence-electron chi connectivity index (χ1n) is 9.64. The van der Waals surface area contributed by atoms with Gasteiger partial charge in [0.1, 0.15) is 12.6 Å². The number of nitrogens with one attached hydrogen (secondary N) is 1. The second-order valence-electron chi connectivity index (χ2n) is 7.75. The standard InChI is InChI=1S/C19H26N4O5S/c1-12-8-21(9-13(2)20-12)18(24)17-7-16(29)10-22(17)19(25)28-11-14-3-5-15(6-4-14)23(26)27/h3-6,12-13,16-17,20,29H,7-11H2,1-2H3/t12-,13+,16-,17-/m0/s1. The average Bonchev–Trinajstić information content (AvgIpc) is 3.06. The Morgan fingerprint density at radius 3 is 2.41 bits per heavy atom. The third-order valence-electron chi connectivity index (χ3n) is 5.18. The van der Waals surface area contributed by atoms with Crippen LogP contribution in [-0.4, -0.2) is 69.7 Å². The maximum absolute atomic E-state index is 13.1. The first-order chi connectivity index (χ1) is 13.7. The summed E-state index contributed by atoms with van der Waals surface area (Å²) in [5.41, 5.74) is 0.612. The summed E-state index contributed by atoms with van der Waals surface area (Å²) >= 11 is 4.47. The molecular formula is C19H26N4O5S. The number of carbonyl (C=O) groups excluding carboxylic acids is 2. The number of rotatable bonds is 4. The lowest BCUT2D eigenvalue weighted by Gasteiger charge is -2.38. The maximum Gasteiger partial charge on any atom is 0.410 e. The summed E-state index contributed by atoms with van der Waals surface area (Å²) in [6.45, 7) is 5.58. The summed E-state index contributed by atoms with van der Waals surface area (Å²) in [6.07, 6.45) is -0.0872. The molecular weight excluding hydrogens is 396 g/mol. The van der Waals surface area contributed by atoms with Gasteiger partial charge in [0.2, 0.25) is 5.91 Å². The number of hydrogen-bond acceptors (Lipinski definition) is 7. The van der Waals surface area contributed by atoms with Crippen LogP contribution in [0.5, 0.6) is 0 Å². The number of likely N-dealkylation sites (tertiary alicyclic amines) is 1. The first-order valence-corrected chi connectivity index (χ1v) is 10.2. The van der Waals surface area contributed by atoms with Gasteiger partial charge < -0.3 is 15.0 Å². The molecule has 1 aromatic rings. The third kappa shape index (κ3) is 5.18. The van der Waals surface area contributed by atoms with Gasteiger partial charge in [-0.1, -0.05) is 0 Å². The summed E-state index contributed by atoms with van der Waals surface area (Å²) in [5.74, 6) is -0.0750. The topological polar surface area (TPSA) is 105 Å². The van der Waals surface area contributed by atoms with E-state index >= 15 is 0 Å². The molecule has 1 N–H and O–H groups in total. The van der Waals surface area contributed by atoms with Crippen molar-refractivity contribution in [2.45, 2.75) is 50.3 Å². The molecule has 2 aliphatic rings. The third-order valence-corrected chi connectivity index (χ3v) is 5.55. The van der Waals surface area contributed by atoms with E-state index in [1.165, 1.54) is 17.0 Å². The molecule has 0 spiro atoms. The number of nitrogens with zero attached hydrogens (tertiary/aromatic N) is 3. The van der Waals surface area contributed by atoms with Gasteiger partial charge in [0.15, 0.2) is 0 Å². The Kier molecular flexibility index (Phi) is 6.63. The minimum absolute atomic E-state index is 0.0207. The highest BCUT2D eigenvalue weighted by Gasteiger charge is 2.42. The molecule has 2 fully saturated rings. The van der Waals surface area contributed by atoms with Crippen molar-refractivity contribution in [1.82, 2.24) is 15.1 Å². The molecule has 2 heterocycles. The summed E-state index contributed by atoms with van der Waals surface area (Å²) in [5, 5.41) is 14.0. The van der Waals surface area contributed by atoms with Crippen molar-refractivity contribution >= 4 is 30.3 Å². The molecule has 2 aliphatic heterocycles. The fraction of sp³-hybridized carbons (Fsp3) is 0.579. The van der Waals surface area contributed by atoms with Gasteiger partial charge in [0.05, 0.1) is 4.92 Å². The second-order valence-corrected chi connectivity index (χ2v) is 8.48. The number of nitro groups is 1. The second kappa shape index (κ2) is 9.00. The molecule has 2 saturated heterocycles. The van der Waals surface area contributed by atoms with Crippen LogP contribution >= 0.6 is 12.6 Å². The fourth-order valence-corrected chi connectivity index (χ4v) is 4.28. The number of thiol groups is 1. The van der Waals surface area contributed by atoms with Crippen molar-refractivity contribution < 1.29 is 19.2 Å². The van der Waals surface area contributed by atoms with E-state index in [2.05, 4.69) is 17.9 Å². The monoisotopic (exact) mass is 422 g/mol. The van der Waals surface area contributed by atoms with E-state index in [4.69, 9.17) is 4.74 Å². The Bertz CT molecular complexity index is 764. The molecule has 0 saturated carbocycles. The van der Waals surface area contributed by atoms with E-state index in [9.17, 15) is 19.7 Å². The van der Waals surface area contributed by atoms with E-state index < -0.39 is 17.1 Å². The Balaban J connectivity index is 1.62. The molecule has 10 heteroatoms. The smallest absolute Gasteiger partial charge is 0.410 e. The van der Waals surface area contributed by atoms with E-state index in [1.807, 2.05) is 13.8 Å². The van der Waals surface area contributed by atoms with E-state index in [-0.39, 0.29) is 35.5 Å². The zero-order chi connectivity index (χ0) is 21.1. The number of non-ortho nitro benzene ring substituents is 1. The molecule has 2 amide bonds. The number of nitro benzene ring substituents is 1. The molecule has 0 bridgehead atoms. The number of piperazine rings is 1. The molecule has 1 aromatic carbocycles. The Morgan fingerprint density at radius 1 is 1.21 bits per heavy atom. The van der Waals surface area contributed by atoms with Crippen LogP contribution in [0.4, 0.5) is 10.5 Å². The van der Waals surface area contributed by atoms with Crippen molar-refractivity contribution in [2.75, 3.05) is 19.6 Å². The normalized spacial score (nSPS) is 27.0. The first kappa shape index (κ1) is 21.4. The average molecular weight is 423 g/mol. The van der Waals surface area contributed by atoms with Crippen molar-refractivity contribution in [3.63, 3.8) is 0 Å². The van der Waals surface area contributed by atoms with Gasteiger partial charge in [-0.05, 0) is 38.0 Å². The SMILES string of the molecule is C[C@@H]1CN(C(=O)[C@@H]2C[C@H](S)CN2C(=O)OCc2ccc([N+](=O)[O-])cc2)C[C@H](C)N1. The minimum Gasteiger partial charge on any atom is -0.445 e. The molecule has 158 valence electrons. The van der Waals surface area contributed by atoms with Crippen LogP contribution in [0, 0.1) is 10.1 Å². The largest absolute Gasteiger partial charge is 0.445 e. The number of hydrogen-bond donors (Lipinski definition) is 2. The van der Waals surface area contributed by atoms with E-state index in [0.717, 1.165) is 0 Å². The van der Waals surface area contributed by atoms with Crippen molar-refractivity contribution in [3.8, 4) is 0 Å². The highest BCUT2D eigenvalue weighted by Crippen LogP contribution is 2.25. The van der Waals surface area contributed by atoms with Crippen LogP contribution < -0.4 is 5.32 Å². The zero-order valence-electron chi connectivity index (χ0n) is 16.5. The molecule has 29 heavy (non-hydrogen) atoms. The van der Waals surface area contributed by atoms with Crippen LogP contribution in [0.3, 0.4) is 0 Å². The minimum atomic E-state index is -0.584. The Hall–Kier alpha value is -2.33. The van der Waals surface area contributed by atoms with Crippen molar-refractivity contribution in [1.29, 1.82) is 0 Å². The summed E-state index contributed by atoms with van der Waals surface area (Å²) in [6, 6.07) is 5.62. The van der Waals surface area contributed by atoms with Gasteiger partial charge in [0.25, 0.3) is 5.69 Å². The molecule has 0 aliphatic carbocycles. The van der Waals surface area contributed by atoms with E-state index in [0.29, 0.717) is 31.6 Å². The quantitative estimate of drug-likeness (QED) is 0.436. The highest BCUT2D eigenvalue weighted by molar-refractivity contribution is 7.81. The number of amides is 2.